The van der Waals surface area contributed by atoms with Crippen molar-refractivity contribution in [1.82, 2.24) is 19.4 Å². The van der Waals surface area contributed by atoms with E-state index in [4.69, 9.17) is 31.0 Å². The van der Waals surface area contributed by atoms with Crippen LogP contribution in [0.1, 0.15) is 28.2 Å². The Morgan fingerprint density at radius 3 is 2.58 bits per heavy atom. The third kappa shape index (κ3) is 5.72. The first-order chi connectivity index (χ1) is 20.9. The van der Waals surface area contributed by atoms with Crippen molar-refractivity contribution in [3.8, 4) is 5.75 Å². The fourth-order valence-electron chi connectivity index (χ4n) is 5.92. The van der Waals surface area contributed by atoms with Gasteiger partial charge in [0.15, 0.2) is 11.6 Å². The van der Waals surface area contributed by atoms with Gasteiger partial charge < -0.3 is 28.9 Å². The molecular formula is C31H32ClFN6O4. The summed E-state index contributed by atoms with van der Waals surface area (Å²) in [6.07, 6.45) is 1.11. The van der Waals surface area contributed by atoms with Crippen LogP contribution in [0.3, 0.4) is 0 Å². The maximum atomic E-state index is 14.6. The lowest BCUT2D eigenvalue weighted by molar-refractivity contribution is -0.0592. The molecule has 2 saturated heterocycles. The largest absolute Gasteiger partial charge is 0.488 e. The fraction of sp³-hybridized carbons (Fsp3) is 0.387. The average molecular weight is 607 g/mol. The van der Waals surface area contributed by atoms with Gasteiger partial charge in [0.2, 0.25) is 0 Å². The molecule has 1 N–H and O–H groups in total. The van der Waals surface area contributed by atoms with Crippen LogP contribution in [-0.2, 0) is 24.4 Å². The smallest absolute Gasteiger partial charge is 0.335 e. The first-order valence-corrected chi connectivity index (χ1v) is 14.9. The zero-order valence-corrected chi connectivity index (χ0v) is 24.3. The van der Waals surface area contributed by atoms with Crippen molar-refractivity contribution in [2.24, 2.45) is 0 Å². The SMILES string of the molecule is O=C(O)c1ccc2nc(CN3CCN(c4ccc5c(n4)N(Cc4ccc(Cl)cc4F)CCO5)CC3)n(C[C@@H]3CCO3)c2c1. The van der Waals surface area contributed by atoms with Crippen molar-refractivity contribution in [3.05, 3.63) is 76.3 Å². The standard InChI is InChI=1S/C31H32ClFN6O4/c32-22-3-1-21(24(33)16-22)17-38-12-14-43-27-5-6-28(35-30(27)38)37-10-8-36(9-11-37)19-29-34-25-4-2-20(31(40)41)15-26(25)39(29)18-23-7-13-42-23/h1-6,15-16,23H,7-14,17-19H2,(H,40,41)/t23-/m0/s1. The average Bonchev–Trinajstić information content (AvgIpc) is 3.32. The molecule has 0 spiro atoms. The molecule has 5 heterocycles. The molecule has 2 aromatic carbocycles. The van der Waals surface area contributed by atoms with Crippen LogP contribution in [0.5, 0.6) is 5.75 Å². The van der Waals surface area contributed by atoms with Crippen LogP contribution >= 0.6 is 11.6 Å². The molecule has 0 amide bonds. The highest BCUT2D eigenvalue weighted by Crippen LogP contribution is 2.34. The van der Waals surface area contributed by atoms with Crippen LogP contribution in [0.4, 0.5) is 16.0 Å². The molecule has 224 valence electrons. The molecule has 1 atom stereocenters. The van der Waals surface area contributed by atoms with Gasteiger partial charge in [-0.2, -0.15) is 0 Å². The number of fused-ring (bicyclic) bond motifs is 2. The molecule has 43 heavy (non-hydrogen) atoms. The topological polar surface area (TPSA) is 96.2 Å². The summed E-state index contributed by atoms with van der Waals surface area (Å²) >= 11 is 5.95. The highest BCUT2D eigenvalue weighted by molar-refractivity contribution is 6.30. The number of piperazine rings is 1. The minimum absolute atomic E-state index is 0.122. The number of imidazole rings is 1. The third-order valence-corrected chi connectivity index (χ3v) is 8.67. The second-order valence-corrected chi connectivity index (χ2v) is 11.6. The molecule has 2 aromatic heterocycles. The minimum Gasteiger partial charge on any atom is -0.488 e. The van der Waals surface area contributed by atoms with E-state index < -0.39 is 5.97 Å². The van der Waals surface area contributed by atoms with Crippen LogP contribution in [0, 0.1) is 5.82 Å². The van der Waals surface area contributed by atoms with E-state index in [0.29, 0.717) is 54.9 Å². The molecule has 3 aliphatic rings. The molecule has 10 nitrogen and oxygen atoms in total. The third-order valence-electron chi connectivity index (χ3n) is 8.43. The number of benzene rings is 2. The number of carbonyl (C=O) groups is 1. The van der Waals surface area contributed by atoms with Gasteiger partial charge in [0.1, 0.15) is 24.1 Å². The van der Waals surface area contributed by atoms with Gasteiger partial charge in [-0.3, -0.25) is 4.90 Å². The summed E-state index contributed by atoms with van der Waals surface area (Å²) in [4.78, 5) is 28.2. The molecule has 0 unspecified atom stereocenters. The van der Waals surface area contributed by atoms with Crippen molar-refractivity contribution < 1.29 is 23.8 Å². The van der Waals surface area contributed by atoms with E-state index in [-0.39, 0.29) is 17.5 Å². The molecule has 4 aromatic rings. The summed E-state index contributed by atoms with van der Waals surface area (Å²) in [5.74, 6) is 1.91. The lowest BCUT2D eigenvalue weighted by Crippen LogP contribution is -2.46. The highest BCUT2D eigenvalue weighted by atomic mass is 35.5. The van der Waals surface area contributed by atoms with Crippen molar-refractivity contribution >= 4 is 40.2 Å². The van der Waals surface area contributed by atoms with Crippen LogP contribution in [0.2, 0.25) is 5.02 Å². The highest BCUT2D eigenvalue weighted by Gasteiger charge is 2.27. The number of carboxylic acid groups (broad SMARTS) is 1. The first kappa shape index (κ1) is 27.9. The Bertz CT molecular complexity index is 1670. The lowest BCUT2D eigenvalue weighted by Gasteiger charge is -2.37. The molecule has 0 radical (unpaired) electrons. The predicted molar refractivity (Wildman–Crippen MR) is 161 cm³/mol. The van der Waals surface area contributed by atoms with E-state index in [2.05, 4.69) is 19.3 Å². The molecule has 0 aliphatic carbocycles. The lowest BCUT2D eigenvalue weighted by atomic mass is 10.1. The Morgan fingerprint density at radius 1 is 1.00 bits per heavy atom. The predicted octanol–water partition coefficient (Wildman–Crippen LogP) is 4.43. The van der Waals surface area contributed by atoms with Crippen molar-refractivity contribution in [2.45, 2.75) is 32.2 Å². The number of carboxylic acids is 1. The molecule has 7 rings (SSSR count). The maximum absolute atomic E-state index is 14.6. The number of halogens is 2. The number of hydrogen-bond donors (Lipinski definition) is 1. The summed E-state index contributed by atoms with van der Waals surface area (Å²) in [7, 11) is 0. The first-order valence-electron chi connectivity index (χ1n) is 14.6. The van der Waals surface area contributed by atoms with E-state index in [1.807, 2.05) is 12.1 Å². The summed E-state index contributed by atoms with van der Waals surface area (Å²) in [5.41, 5.74) is 2.43. The van der Waals surface area contributed by atoms with Crippen LogP contribution in [-0.4, -0.2) is 82.6 Å². The second kappa shape index (κ2) is 11.6. The Hall–Kier alpha value is -3.93. The summed E-state index contributed by atoms with van der Waals surface area (Å²) in [5, 5.41) is 9.90. The monoisotopic (exact) mass is 606 g/mol. The maximum Gasteiger partial charge on any atom is 0.335 e. The summed E-state index contributed by atoms with van der Waals surface area (Å²) in [6.45, 7) is 6.78. The molecule has 0 saturated carbocycles. The number of pyridine rings is 1. The molecule has 2 fully saturated rings. The normalized spacial score (nSPS) is 18.8. The fourth-order valence-corrected chi connectivity index (χ4v) is 6.08. The molecule has 3 aliphatic heterocycles. The number of anilines is 2. The van der Waals surface area contributed by atoms with Crippen LogP contribution in [0.25, 0.3) is 11.0 Å². The Kier molecular flexibility index (Phi) is 7.54. The van der Waals surface area contributed by atoms with Crippen molar-refractivity contribution in [2.75, 3.05) is 55.7 Å². The Morgan fingerprint density at radius 2 is 1.84 bits per heavy atom. The van der Waals surface area contributed by atoms with Gasteiger partial charge in [0.05, 0.1) is 42.3 Å². The van der Waals surface area contributed by atoms with Gasteiger partial charge in [0.25, 0.3) is 0 Å². The minimum atomic E-state index is -0.949. The van der Waals surface area contributed by atoms with Crippen molar-refractivity contribution in [1.29, 1.82) is 0 Å². The van der Waals surface area contributed by atoms with Gasteiger partial charge in [-0.1, -0.05) is 17.7 Å². The van der Waals surface area contributed by atoms with Gasteiger partial charge >= 0.3 is 5.97 Å². The van der Waals surface area contributed by atoms with E-state index in [1.54, 1.807) is 30.3 Å². The number of aromatic carboxylic acids is 1. The van der Waals surface area contributed by atoms with Crippen LogP contribution < -0.4 is 14.5 Å². The van der Waals surface area contributed by atoms with E-state index >= 15 is 0 Å². The molecule has 0 bridgehead atoms. The van der Waals surface area contributed by atoms with E-state index in [9.17, 15) is 14.3 Å². The molecule has 12 heteroatoms. The second-order valence-electron chi connectivity index (χ2n) is 11.2. The number of aromatic nitrogens is 3. The Labute approximate surface area is 253 Å². The van der Waals surface area contributed by atoms with Crippen LogP contribution in [0.15, 0.2) is 48.5 Å². The number of hydrogen-bond acceptors (Lipinski definition) is 8. The van der Waals surface area contributed by atoms with Gasteiger partial charge in [-0.05, 0) is 48.9 Å². The number of rotatable bonds is 8. The van der Waals surface area contributed by atoms with Gasteiger partial charge in [-0.25, -0.2) is 19.2 Å². The Balaban J connectivity index is 1.05. The van der Waals surface area contributed by atoms with Gasteiger partial charge in [-0.15, -0.1) is 0 Å². The van der Waals surface area contributed by atoms with Crippen molar-refractivity contribution in [3.63, 3.8) is 0 Å². The number of ether oxygens (including phenoxy) is 2. The van der Waals surface area contributed by atoms with Gasteiger partial charge in [0, 0.05) is 49.9 Å². The van der Waals surface area contributed by atoms with E-state index in [0.717, 1.165) is 61.9 Å². The summed E-state index contributed by atoms with van der Waals surface area (Å²) < 4.78 is 28.2. The molecular weight excluding hydrogens is 575 g/mol. The zero-order chi connectivity index (χ0) is 29.5. The number of nitrogens with zero attached hydrogens (tertiary/aromatic N) is 6. The summed E-state index contributed by atoms with van der Waals surface area (Å²) in [6, 6.07) is 13.8. The zero-order valence-electron chi connectivity index (χ0n) is 23.6. The quantitative estimate of drug-likeness (QED) is 0.312. The van der Waals surface area contributed by atoms with E-state index in [1.165, 1.54) is 6.07 Å².